The van der Waals surface area contributed by atoms with Crippen LogP contribution in [0.1, 0.15) is 6.42 Å². The lowest BCUT2D eigenvalue weighted by atomic mass is 10.1. The molecule has 9 heteroatoms. The smallest absolute Gasteiger partial charge is 0.340 e. The molecule has 0 fully saturated rings. The zero-order valence-corrected chi connectivity index (χ0v) is 13.2. The minimum absolute atomic E-state index is 0.244. The van der Waals surface area contributed by atoms with Gasteiger partial charge in [-0.1, -0.05) is 23.2 Å². The molecular weight excluding hydrogens is 335 g/mol. The van der Waals surface area contributed by atoms with Crippen LogP contribution in [0, 0.1) is 0 Å². The molecule has 0 aliphatic carbocycles. The Kier molecular flexibility index (Phi) is 6.94. The van der Waals surface area contributed by atoms with Gasteiger partial charge < -0.3 is 9.47 Å². The molecule has 0 saturated carbocycles. The molecule has 0 aliphatic rings. The van der Waals surface area contributed by atoms with Gasteiger partial charge in [-0.2, -0.15) is 10.2 Å². The van der Waals surface area contributed by atoms with Crippen molar-refractivity contribution >= 4 is 46.6 Å². The second kappa shape index (κ2) is 8.45. The molecule has 118 valence electrons. The monoisotopic (exact) mass is 346 g/mol. The second-order valence-electron chi connectivity index (χ2n) is 3.96. The molecule has 0 heterocycles. The molecule has 1 atom stereocenters. The van der Waals surface area contributed by atoms with Crippen LogP contribution >= 0.6 is 23.2 Å². The van der Waals surface area contributed by atoms with Crippen LogP contribution in [0.4, 0.5) is 5.69 Å². The molecule has 0 bridgehead atoms. The van der Waals surface area contributed by atoms with Crippen molar-refractivity contribution < 1.29 is 23.9 Å². The Morgan fingerprint density at radius 3 is 2.36 bits per heavy atom. The third-order valence-electron chi connectivity index (χ3n) is 2.47. The summed E-state index contributed by atoms with van der Waals surface area (Å²) in [6.07, 6.45) is -0.614. The van der Waals surface area contributed by atoms with E-state index >= 15 is 0 Å². The van der Waals surface area contributed by atoms with Crippen LogP contribution in [0.5, 0.6) is 0 Å². The summed E-state index contributed by atoms with van der Waals surface area (Å²) < 4.78 is 8.83. The van der Waals surface area contributed by atoms with Crippen LogP contribution in [-0.2, 0) is 23.9 Å². The van der Waals surface area contributed by atoms with Crippen LogP contribution in [-0.4, -0.2) is 38.0 Å². The van der Waals surface area contributed by atoms with E-state index in [1.165, 1.54) is 18.2 Å². The number of carbonyl (C=O) groups excluding carboxylic acids is 3. The summed E-state index contributed by atoms with van der Waals surface area (Å²) in [6.45, 7) is 0. The minimum atomic E-state index is -1.56. The number of Topliss-reactive ketones (excluding diaryl/α,β-unsaturated/α-hetero) is 1. The number of ketones is 1. The number of hydrogen-bond donors (Lipinski definition) is 0. The molecule has 7 nitrogen and oxygen atoms in total. The van der Waals surface area contributed by atoms with E-state index in [0.29, 0.717) is 5.02 Å². The number of halogens is 2. The topological polar surface area (TPSA) is 94.4 Å². The number of azo groups is 1. The maximum absolute atomic E-state index is 11.9. The molecule has 22 heavy (non-hydrogen) atoms. The minimum Gasteiger partial charge on any atom is -0.469 e. The summed E-state index contributed by atoms with van der Waals surface area (Å²) in [4.78, 5) is 34.5. The zero-order chi connectivity index (χ0) is 16.7. The van der Waals surface area contributed by atoms with Crippen molar-refractivity contribution in [3.05, 3.63) is 28.2 Å². The van der Waals surface area contributed by atoms with E-state index in [9.17, 15) is 14.4 Å². The van der Waals surface area contributed by atoms with E-state index in [-0.39, 0.29) is 10.7 Å². The summed E-state index contributed by atoms with van der Waals surface area (Å²) in [6, 6.07) is 2.84. The van der Waals surface area contributed by atoms with Crippen LogP contribution in [0.3, 0.4) is 0 Å². The highest BCUT2D eigenvalue weighted by Gasteiger charge is 2.29. The molecule has 1 aromatic rings. The van der Waals surface area contributed by atoms with Gasteiger partial charge in [0.15, 0.2) is 5.78 Å². The van der Waals surface area contributed by atoms with Gasteiger partial charge in [0, 0.05) is 0 Å². The SMILES string of the molecule is COC(=O)CC(=O)C(N=Nc1ccc(Cl)c(Cl)c1)C(=O)OC. The lowest BCUT2D eigenvalue weighted by molar-refractivity contribution is -0.148. The van der Waals surface area contributed by atoms with E-state index in [1.54, 1.807) is 0 Å². The first-order valence-corrected chi connectivity index (χ1v) is 6.68. The number of nitrogens with zero attached hydrogens (tertiary/aromatic N) is 2. The van der Waals surface area contributed by atoms with E-state index in [0.717, 1.165) is 14.2 Å². The van der Waals surface area contributed by atoms with Gasteiger partial charge in [0.1, 0.15) is 6.42 Å². The maximum atomic E-state index is 11.9. The second-order valence-corrected chi connectivity index (χ2v) is 4.77. The Bertz CT molecular complexity index is 618. The lowest BCUT2D eigenvalue weighted by Crippen LogP contribution is -2.31. The number of esters is 2. The third kappa shape index (κ3) is 5.09. The highest BCUT2D eigenvalue weighted by molar-refractivity contribution is 6.42. The van der Waals surface area contributed by atoms with Gasteiger partial charge in [0.2, 0.25) is 6.04 Å². The van der Waals surface area contributed by atoms with E-state index in [1.807, 2.05) is 0 Å². The first-order chi connectivity index (χ1) is 10.4. The van der Waals surface area contributed by atoms with E-state index in [2.05, 4.69) is 19.7 Å². The molecule has 0 aromatic heterocycles. The Balaban J connectivity index is 2.95. The average molecular weight is 347 g/mol. The number of ether oxygens (including phenoxy) is 2. The van der Waals surface area contributed by atoms with Crippen molar-refractivity contribution in [1.82, 2.24) is 0 Å². The number of rotatable bonds is 6. The van der Waals surface area contributed by atoms with Crippen molar-refractivity contribution in [2.75, 3.05) is 14.2 Å². The van der Waals surface area contributed by atoms with Gasteiger partial charge in [-0.05, 0) is 18.2 Å². The first kappa shape index (κ1) is 18.1. The Morgan fingerprint density at radius 2 is 1.82 bits per heavy atom. The zero-order valence-electron chi connectivity index (χ0n) is 11.7. The fourth-order valence-electron chi connectivity index (χ4n) is 1.34. The van der Waals surface area contributed by atoms with Gasteiger partial charge in [0.25, 0.3) is 0 Å². The Labute approximate surface area is 136 Å². The predicted molar refractivity (Wildman–Crippen MR) is 78.4 cm³/mol. The Hall–Kier alpha value is -1.99. The first-order valence-electron chi connectivity index (χ1n) is 5.92. The van der Waals surface area contributed by atoms with E-state index in [4.69, 9.17) is 23.2 Å². The largest absolute Gasteiger partial charge is 0.469 e. The summed E-state index contributed by atoms with van der Waals surface area (Å²) in [5.41, 5.74) is 0.286. The van der Waals surface area contributed by atoms with Crippen molar-refractivity contribution in [3.8, 4) is 0 Å². The normalized spacial score (nSPS) is 12.0. The summed E-state index contributed by atoms with van der Waals surface area (Å²) in [5, 5.41) is 7.92. The van der Waals surface area contributed by atoms with Crippen molar-refractivity contribution in [2.24, 2.45) is 10.2 Å². The van der Waals surface area contributed by atoms with Crippen LogP contribution in [0.25, 0.3) is 0 Å². The molecule has 0 aliphatic heterocycles. The molecule has 0 radical (unpaired) electrons. The van der Waals surface area contributed by atoms with Gasteiger partial charge in [-0.3, -0.25) is 9.59 Å². The number of hydrogen-bond acceptors (Lipinski definition) is 7. The van der Waals surface area contributed by atoms with Gasteiger partial charge >= 0.3 is 11.9 Å². The molecule has 1 unspecified atom stereocenters. The van der Waals surface area contributed by atoms with Crippen molar-refractivity contribution in [2.45, 2.75) is 12.5 Å². The highest BCUT2D eigenvalue weighted by atomic mass is 35.5. The molecular formula is C13H12Cl2N2O5. The maximum Gasteiger partial charge on any atom is 0.340 e. The van der Waals surface area contributed by atoms with Crippen molar-refractivity contribution in [3.63, 3.8) is 0 Å². The fourth-order valence-corrected chi connectivity index (χ4v) is 1.63. The van der Waals surface area contributed by atoms with E-state index < -0.39 is 30.2 Å². The highest BCUT2D eigenvalue weighted by Crippen LogP contribution is 2.26. The van der Waals surface area contributed by atoms with Crippen LogP contribution < -0.4 is 0 Å². The molecule has 1 aromatic carbocycles. The molecule has 0 amide bonds. The number of carbonyl (C=O) groups is 3. The van der Waals surface area contributed by atoms with Gasteiger partial charge in [-0.25, -0.2) is 4.79 Å². The summed E-state index contributed by atoms with van der Waals surface area (Å²) >= 11 is 11.6. The standard InChI is InChI=1S/C13H12Cl2N2O5/c1-21-11(19)6-10(18)12(13(20)22-2)17-16-7-3-4-8(14)9(15)5-7/h3-5,12H,6H2,1-2H3. The average Bonchev–Trinajstić information content (AvgIpc) is 2.50. The van der Waals surface area contributed by atoms with Gasteiger partial charge in [0.05, 0.1) is 30.0 Å². The fraction of sp³-hybridized carbons (Fsp3) is 0.308. The third-order valence-corrected chi connectivity index (χ3v) is 3.21. The molecule has 0 N–H and O–H groups in total. The summed E-state index contributed by atoms with van der Waals surface area (Å²) in [7, 11) is 2.22. The molecule has 0 saturated heterocycles. The quantitative estimate of drug-likeness (QED) is 0.448. The van der Waals surface area contributed by atoms with Crippen LogP contribution in [0.2, 0.25) is 10.0 Å². The number of methoxy groups -OCH3 is 2. The molecule has 1 rings (SSSR count). The van der Waals surface area contributed by atoms with Crippen LogP contribution in [0.15, 0.2) is 28.4 Å². The van der Waals surface area contributed by atoms with Gasteiger partial charge in [-0.15, -0.1) is 0 Å². The lowest BCUT2D eigenvalue weighted by Gasteiger charge is -2.07. The summed E-state index contributed by atoms with van der Waals surface area (Å²) in [5.74, 6) is -2.51. The molecule has 0 spiro atoms. The predicted octanol–water partition coefficient (Wildman–Crippen LogP) is 2.75. The number of benzene rings is 1. The van der Waals surface area contributed by atoms with Crippen molar-refractivity contribution in [1.29, 1.82) is 0 Å². The Morgan fingerprint density at radius 1 is 1.14 bits per heavy atom.